The molecular formula is C30H45NSn. The number of benzene rings is 2. The number of fused-ring (bicyclic) bond motifs is 3. The number of hydrogen-bond donors (Lipinski definition) is 0. The van der Waals surface area contributed by atoms with E-state index in [0.717, 1.165) is 0 Å². The van der Waals surface area contributed by atoms with Crippen LogP contribution in [0.3, 0.4) is 0 Å². The first-order chi connectivity index (χ1) is 15.7. The van der Waals surface area contributed by atoms with Crippen molar-refractivity contribution in [3.05, 3.63) is 65.2 Å². The zero-order valence-electron chi connectivity index (χ0n) is 20.9. The van der Waals surface area contributed by atoms with Gasteiger partial charge in [0.1, 0.15) is 0 Å². The third-order valence-electron chi connectivity index (χ3n) is 8.46. The van der Waals surface area contributed by atoms with Crippen LogP contribution in [0, 0.1) is 0 Å². The van der Waals surface area contributed by atoms with Crippen LogP contribution in [-0.2, 0) is 0 Å². The first-order valence-electron chi connectivity index (χ1n) is 13.7. The maximum absolute atomic E-state index is 2.76. The molecule has 2 heteroatoms. The molecule has 0 aliphatic carbocycles. The minimum absolute atomic E-state index is 0.543. The van der Waals surface area contributed by atoms with Crippen molar-refractivity contribution in [2.45, 2.75) is 97.4 Å². The standard InChI is InChI=1S/C18H18N.3C4H9.Sn/c1-2-7-14(8-3-1)17-13-19-12-6-11-18(19)16-10-5-4-9-15(16)17;3*1-3-4-2;/h2-5,7-10,17-18H,6,11-13H2;3*1,3-4H2,2H3;. The molecule has 1 saturated heterocycles. The maximum atomic E-state index is 2.76. The molecule has 0 N–H and O–H groups in total. The molecule has 2 aliphatic rings. The summed E-state index contributed by atoms with van der Waals surface area (Å²) in [5.41, 5.74) is 4.75. The van der Waals surface area contributed by atoms with E-state index in [4.69, 9.17) is 0 Å². The van der Waals surface area contributed by atoms with Crippen LogP contribution in [0.5, 0.6) is 0 Å². The van der Waals surface area contributed by atoms with Crippen molar-refractivity contribution in [1.29, 1.82) is 0 Å². The molecule has 0 aromatic heterocycles. The van der Waals surface area contributed by atoms with Crippen molar-refractivity contribution in [2.75, 3.05) is 13.1 Å². The van der Waals surface area contributed by atoms with Crippen molar-refractivity contribution in [3.63, 3.8) is 0 Å². The van der Waals surface area contributed by atoms with Crippen molar-refractivity contribution in [2.24, 2.45) is 0 Å². The average Bonchev–Trinajstić information content (AvgIpc) is 3.33. The van der Waals surface area contributed by atoms with E-state index in [9.17, 15) is 0 Å². The van der Waals surface area contributed by atoms with Crippen molar-refractivity contribution >= 4 is 22.0 Å². The fourth-order valence-electron chi connectivity index (χ4n) is 6.57. The Morgan fingerprint density at radius 2 is 1.38 bits per heavy atom. The molecule has 2 aliphatic heterocycles. The summed E-state index contributed by atoms with van der Waals surface area (Å²) < 4.78 is 6.51. The summed E-state index contributed by atoms with van der Waals surface area (Å²) in [5, 5.41) is 0. The van der Waals surface area contributed by atoms with Crippen molar-refractivity contribution < 1.29 is 0 Å². The van der Waals surface area contributed by atoms with Gasteiger partial charge in [0.15, 0.2) is 0 Å². The summed E-state index contributed by atoms with van der Waals surface area (Å²) in [5.74, 6) is 0.543. The van der Waals surface area contributed by atoms with Crippen LogP contribution in [0.4, 0.5) is 0 Å². The Hall–Kier alpha value is -0.801. The average molecular weight is 538 g/mol. The van der Waals surface area contributed by atoms with Gasteiger partial charge in [0.25, 0.3) is 0 Å². The van der Waals surface area contributed by atoms with Crippen LogP contribution in [0.2, 0.25) is 13.3 Å². The van der Waals surface area contributed by atoms with Crippen LogP contribution in [0.15, 0.2) is 48.5 Å². The second-order valence-electron chi connectivity index (χ2n) is 10.5. The predicted molar refractivity (Wildman–Crippen MR) is 143 cm³/mol. The Morgan fingerprint density at radius 3 is 1.97 bits per heavy atom. The molecule has 32 heavy (non-hydrogen) atoms. The summed E-state index contributed by atoms with van der Waals surface area (Å²) >= 11 is -2.33. The molecule has 2 unspecified atom stereocenters. The van der Waals surface area contributed by atoms with E-state index in [1.807, 2.05) is 3.58 Å². The molecular weight excluding hydrogens is 493 g/mol. The van der Waals surface area contributed by atoms with Gasteiger partial charge in [-0.2, -0.15) is 0 Å². The van der Waals surface area contributed by atoms with Gasteiger partial charge in [0.05, 0.1) is 0 Å². The van der Waals surface area contributed by atoms with Gasteiger partial charge in [0.2, 0.25) is 0 Å². The second kappa shape index (κ2) is 11.6. The Balaban J connectivity index is 1.64. The molecule has 0 amide bonds. The van der Waals surface area contributed by atoms with E-state index < -0.39 is 18.4 Å². The monoisotopic (exact) mass is 539 g/mol. The molecule has 2 heterocycles. The fourth-order valence-corrected chi connectivity index (χ4v) is 22.5. The van der Waals surface area contributed by atoms with E-state index in [1.54, 1.807) is 30.0 Å². The summed E-state index contributed by atoms with van der Waals surface area (Å²) in [4.78, 5) is 2.76. The molecule has 4 rings (SSSR count). The molecule has 2 aromatic rings. The van der Waals surface area contributed by atoms with Gasteiger partial charge >= 0.3 is 203 Å². The van der Waals surface area contributed by atoms with Gasteiger partial charge < -0.3 is 0 Å². The fraction of sp³-hybridized carbons (Fsp3) is 0.600. The van der Waals surface area contributed by atoms with Gasteiger partial charge in [-0.15, -0.1) is 0 Å². The van der Waals surface area contributed by atoms with E-state index in [1.165, 1.54) is 64.5 Å². The van der Waals surface area contributed by atoms with Gasteiger partial charge in [-0.25, -0.2) is 0 Å². The Labute approximate surface area is 201 Å². The SMILES string of the molecule is CCC[CH2][Sn]([CH2]CCC)([CH2]CCC)[c]1ccc(C2CN3CCCC3c3ccccc32)cc1. The Kier molecular flexibility index (Phi) is 8.79. The summed E-state index contributed by atoms with van der Waals surface area (Å²) in [6.45, 7) is 9.62. The van der Waals surface area contributed by atoms with Gasteiger partial charge in [-0.3, -0.25) is 0 Å². The first-order valence-corrected chi connectivity index (χ1v) is 21.1. The van der Waals surface area contributed by atoms with Crippen LogP contribution in [-0.4, -0.2) is 36.4 Å². The van der Waals surface area contributed by atoms with Crippen molar-refractivity contribution in [3.8, 4) is 0 Å². The molecule has 1 fully saturated rings. The van der Waals surface area contributed by atoms with Gasteiger partial charge in [-0.05, 0) is 0 Å². The minimum atomic E-state index is -2.33. The first kappa shape index (κ1) is 24.3. The number of hydrogen-bond acceptors (Lipinski definition) is 1. The predicted octanol–water partition coefficient (Wildman–Crippen LogP) is 8.03. The van der Waals surface area contributed by atoms with Gasteiger partial charge in [-0.1, -0.05) is 0 Å². The Bertz CT molecular complexity index is 820. The van der Waals surface area contributed by atoms with Crippen molar-refractivity contribution in [1.82, 2.24) is 4.90 Å². The topological polar surface area (TPSA) is 3.24 Å². The van der Waals surface area contributed by atoms with E-state index >= 15 is 0 Å². The normalized spacial score (nSPS) is 20.8. The van der Waals surface area contributed by atoms with E-state index in [-0.39, 0.29) is 0 Å². The quantitative estimate of drug-likeness (QED) is 0.262. The third-order valence-corrected chi connectivity index (χ3v) is 24.1. The summed E-state index contributed by atoms with van der Waals surface area (Å²) in [7, 11) is 0. The van der Waals surface area contributed by atoms with Crippen LogP contribution in [0.1, 0.15) is 101 Å². The molecule has 0 bridgehead atoms. The van der Waals surface area contributed by atoms with Crippen LogP contribution in [0.25, 0.3) is 0 Å². The molecule has 0 radical (unpaired) electrons. The summed E-state index contributed by atoms with van der Waals surface area (Å²) in [6, 6.07) is 20.3. The Morgan fingerprint density at radius 1 is 0.781 bits per heavy atom. The van der Waals surface area contributed by atoms with Gasteiger partial charge in [0, 0.05) is 0 Å². The second-order valence-corrected chi connectivity index (χ2v) is 23.8. The van der Waals surface area contributed by atoms with Crippen LogP contribution < -0.4 is 3.58 Å². The van der Waals surface area contributed by atoms with E-state index in [0.29, 0.717) is 12.0 Å². The van der Waals surface area contributed by atoms with Crippen LogP contribution >= 0.6 is 0 Å². The third kappa shape index (κ3) is 5.14. The van der Waals surface area contributed by atoms with E-state index in [2.05, 4.69) is 74.2 Å². The molecule has 2 atom stereocenters. The number of rotatable bonds is 11. The zero-order chi connectivity index (χ0) is 22.4. The molecule has 1 nitrogen and oxygen atoms in total. The number of nitrogens with zero attached hydrogens (tertiary/aromatic N) is 1. The molecule has 0 spiro atoms. The molecule has 2 aromatic carbocycles. The molecule has 174 valence electrons. The number of unbranched alkanes of at least 4 members (excludes halogenated alkanes) is 3. The molecule has 0 saturated carbocycles. The zero-order valence-corrected chi connectivity index (χ0v) is 23.8. The summed E-state index contributed by atoms with van der Waals surface area (Å²) in [6.07, 6.45) is 11.1.